The fourth-order valence-corrected chi connectivity index (χ4v) is 3.86. The van der Waals surface area contributed by atoms with Gasteiger partial charge in [0.25, 0.3) is 5.91 Å². The number of aliphatic imine (C=N–C) groups is 1. The second kappa shape index (κ2) is 10.1. The summed E-state index contributed by atoms with van der Waals surface area (Å²) < 4.78 is 10.3. The number of thioether (sulfide) groups is 1. The van der Waals surface area contributed by atoms with Crippen molar-refractivity contribution in [2.75, 3.05) is 20.3 Å². The molecule has 1 amide bonds. The number of carbonyl (C=O) groups is 2. The predicted octanol–water partition coefficient (Wildman–Crippen LogP) is 4.89. The number of hydrogen-bond donors (Lipinski definition) is 0. The Morgan fingerprint density at radius 2 is 1.80 bits per heavy atom. The van der Waals surface area contributed by atoms with Gasteiger partial charge in [0.2, 0.25) is 0 Å². The summed E-state index contributed by atoms with van der Waals surface area (Å²) in [6.07, 6.45) is 2.82. The van der Waals surface area contributed by atoms with Crippen LogP contribution in [0.5, 0.6) is 5.75 Å². The molecule has 0 saturated carbocycles. The van der Waals surface area contributed by atoms with Crippen molar-refractivity contribution >= 4 is 40.6 Å². The molecule has 0 radical (unpaired) electrons. The van der Waals surface area contributed by atoms with E-state index in [0.717, 1.165) is 17.7 Å². The maximum absolute atomic E-state index is 12.8. The summed E-state index contributed by atoms with van der Waals surface area (Å²) in [6, 6.07) is 14.4. The van der Waals surface area contributed by atoms with Crippen LogP contribution >= 0.6 is 11.8 Å². The van der Waals surface area contributed by atoms with Crippen molar-refractivity contribution in [1.29, 1.82) is 0 Å². The average molecular weight is 425 g/mol. The molecule has 0 aliphatic carbocycles. The largest absolute Gasteiger partial charge is 0.494 e. The van der Waals surface area contributed by atoms with Gasteiger partial charge in [-0.3, -0.25) is 9.69 Å². The molecule has 1 aliphatic rings. The summed E-state index contributed by atoms with van der Waals surface area (Å²) in [5.41, 5.74) is 2.04. The lowest BCUT2D eigenvalue weighted by Gasteiger charge is -2.12. The van der Waals surface area contributed by atoms with Crippen LogP contribution in [0, 0.1) is 0 Å². The normalized spacial score (nSPS) is 16.4. The minimum absolute atomic E-state index is 0.0706. The first kappa shape index (κ1) is 21.6. The first-order valence-electron chi connectivity index (χ1n) is 9.77. The van der Waals surface area contributed by atoms with Crippen molar-refractivity contribution in [2.45, 2.75) is 20.3 Å². The Bertz CT molecular complexity index is 966. The van der Waals surface area contributed by atoms with Crippen molar-refractivity contribution in [2.24, 2.45) is 4.99 Å². The fourth-order valence-electron chi connectivity index (χ4n) is 2.80. The average Bonchev–Trinajstić information content (AvgIpc) is 3.07. The summed E-state index contributed by atoms with van der Waals surface area (Å²) in [6.45, 7) is 5.18. The van der Waals surface area contributed by atoms with Crippen LogP contribution in [0.15, 0.2) is 58.4 Å². The smallest absolute Gasteiger partial charge is 0.337 e. The Balaban J connectivity index is 1.79. The monoisotopic (exact) mass is 424 g/mol. The van der Waals surface area contributed by atoms with E-state index >= 15 is 0 Å². The van der Waals surface area contributed by atoms with Crippen molar-refractivity contribution in [1.82, 2.24) is 4.90 Å². The van der Waals surface area contributed by atoms with E-state index in [1.807, 2.05) is 37.3 Å². The van der Waals surface area contributed by atoms with Crippen LogP contribution in [0.3, 0.4) is 0 Å². The summed E-state index contributed by atoms with van der Waals surface area (Å²) in [5.74, 6) is 0.349. The van der Waals surface area contributed by atoms with Crippen LogP contribution in [0.1, 0.15) is 36.2 Å². The lowest BCUT2D eigenvalue weighted by atomic mass is 10.2. The van der Waals surface area contributed by atoms with Crippen LogP contribution in [-0.4, -0.2) is 42.2 Å². The second-order valence-electron chi connectivity index (χ2n) is 6.51. The zero-order valence-corrected chi connectivity index (χ0v) is 18.1. The summed E-state index contributed by atoms with van der Waals surface area (Å²) in [5, 5.41) is 0.613. The summed E-state index contributed by atoms with van der Waals surface area (Å²) in [4.78, 5) is 31.2. The number of rotatable bonds is 7. The highest BCUT2D eigenvalue weighted by molar-refractivity contribution is 8.18. The minimum atomic E-state index is -0.397. The molecule has 156 valence electrons. The van der Waals surface area contributed by atoms with Gasteiger partial charge in [0, 0.05) is 6.54 Å². The first-order chi connectivity index (χ1) is 14.5. The number of carbonyl (C=O) groups excluding carboxylic acids is 2. The van der Waals surface area contributed by atoms with Crippen LogP contribution in [-0.2, 0) is 9.53 Å². The van der Waals surface area contributed by atoms with E-state index < -0.39 is 5.97 Å². The van der Waals surface area contributed by atoms with Crippen LogP contribution in [0.4, 0.5) is 5.69 Å². The summed E-state index contributed by atoms with van der Waals surface area (Å²) >= 11 is 1.34. The van der Waals surface area contributed by atoms with Gasteiger partial charge >= 0.3 is 5.97 Å². The molecule has 0 spiro atoms. The SMILES string of the molecule is CCCOc1ccc(C=C2SC(=Nc3ccc(C(=O)OC)cc3)N(CC)C2=O)cc1. The molecule has 0 atom stereocenters. The quantitative estimate of drug-likeness (QED) is 0.468. The lowest BCUT2D eigenvalue weighted by Crippen LogP contribution is -2.28. The van der Waals surface area contributed by atoms with E-state index in [1.54, 1.807) is 29.2 Å². The molecule has 1 saturated heterocycles. The molecule has 30 heavy (non-hydrogen) atoms. The Kier molecular flexibility index (Phi) is 7.30. The van der Waals surface area contributed by atoms with Gasteiger partial charge < -0.3 is 9.47 Å². The minimum Gasteiger partial charge on any atom is -0.494 e. The molecule has 2 aromatic rings. The number of ether oxygens (including phenoxy) is 2. The zero-order valence-electron chi connectivity index (χ0n) is 17.3. The molecule has 0 aromatic heterocycles. The number of benzene rings is 2. The van der Waals surface area contributed by atoms with Gasteiger partial charge in [-0.15, -0.1) is 0 Å². The van der Waals surface area contributed by atoms with Crippen molar-refractivity contribution in [3.63, 3.8) is 0 Å². The molecule has 7 heteroatoms. The second-order valence-corrected chi connectivity index (χ2v) is 7.52. The molecule has 0 unspecified atom stereocenters. The molecule has 2 aromatic carbocycles. The van der Waals surface area contributed by atoms with E-state index in [9.17, 15) is 9.59 Å². The highest BCUT2D eigenvalue weighted by atomic mass is 32.2. The molecular formula is C23H24N2O4S. The van der Waals surface area contributed by atoms with Crippen molar-refractivity contribution < 1.29 is 19.1 Å². The number of amidine groups is 1. The highest BCUT2D eigenvalue weighted by Gasteiger charge is 2.32. The number of hydrogen-bond acceptors (Lipinski definition) is 6. The topological polar surface area (TPSA) is 68.2 Å². The van der Waals surface area contributed by atoms with Gasteiger partial charge in [-0.05, 0) is 73.1 Å². The predicted molar refractivity (Wildman–Crippen MR) is 120 cm³/mol. The first-order valence-corrected chi connectivity index (χ1v) is 10.6. The third-order valence-corrected chi connectivity index (χ3v) is 5.37. The van der Waals surface area contributed by atoms with Crippen LogP contribution in [0.25, 0.3) is 6.08 Å². The van der Waals surface area contributed by atoms with E-state index in [4.69, 9.17) is 9.47 Å². The van der Waals surface area contributed by atoms with Gasteiger partial charge in [-0.25, -0.2) is 9.79 Å². The summed E-state index contributed by atoms with van der Waals surface area (Å²) in [7, 11) is 1.34. The fraction of sp³-hybridized carbons (Fsp3) is 0.261. The molecule has 0 N–H and O–H groups in total. The van der Waals surface area contributed by atoms with E-state index in [2.05, 4.69) is 11.9 Å². The molecule has 1 heterocycles. The van der Waals surface area contributed by atoms with Gasteiger partial charge in [-0.2, -0.15) is 0 Å². The van der Waals surface area contributed by atoms with Crippen molar-refractivity contribution in [3.8, 4) is 5.75 Å². The van der Waals surface area contributed by atoms with Crippen LogP contribution in [0.2, 0.25) is 0 Å². The van der Waals surface area contributed by atoms with Gasteiger partial charge in [-0.1, -0.05) is 19.1 Å². The van der Waals surface area contributed by atoms with Gasteiger partial charge in [0.15, 0.2) is 5.17 Å². The Labute approximate surface area is 180 Å². The molecule has 6 nitrogen and oxygen atoms in total. The van der Waals surface area contributed by atoms with Gasteiger partial charge in [0.05, 0.1) is 29.9 Å². The number of nitrogens with zero attached hydrogens (tertiary/aromatic N) is 2. The third-order valence-electron chi connectivity index (χ3n) is 4.37. The zero-order chi connectivity index (χ0) is 21.5. The van der Waals surface area contributed by atoms with Crippen LogP contribution < -0.4 is 4.74 Å². The maximum Gasteiger partial charge on any atom is 0.337 e. The molecular weight excluding hydrogens is 400 g/mol. The molecule has 1 aliphatic heterocycles. The third kappa shape index (κ3) is 5.10. The molecule has 1 fully saturated rings. The molecule has 0 bridgehead atoms. The Hall–Kier alpha value is -3.06. The molecule has 3 rings (SSSR count). The lowest BCUT2D eigenvalue weighted by molar-refractivity contribution is -0.122. The van der Waals surface area contributed by atoms with E-state index in [1.165, 1.54) is 18.9 Å². The van der Waals surface area contributed by atoms with E-state index in [-0.39, 0.29) is 5.91 Å². The van der Waals surface area contributed by atoms with Crippen molar-refractivity contribution in [3.05, 3.63) is 64.6 Å². The number of amides is 1. The standard InChI is InChI=1S/C23H24N2O4S/c1-4-14-29-19-12-6-16(7-13-19)15-20-21(26)25(5-2)23(30-20)24-18-10-8-17(9-11-18)22(27)28-3/h6-13,15H,4-5,14H2,1-3H3. The van der Waals surface area contributed by atoms with E-state index in [0.29, 0.717) is 34.5 Å². The Morgan fingerprint density at radius 1 is 1.10 bits per heavy atom. The highest BCUT2D eigenvalue weighted by Crippen LogP contribution is 2.34. The number of methoxy groups -OCH3 is 1. The number of likely N-dealkylation sites (N-methyl/N-ethyl adjacent to an activating group) is 1. The van der Waals surface area contributed by atoms with Gasteiger partial charge in [0.1, 0.15) is 5.75 Å². The maximum atomic E-state index is 12.8. The number of esters is 1. The Morgan fingerprint density at radius 3 is 2.40 bits per heavy atom.